The zero-order valence-corrected chi connectivity index (χ0v) is 28.4. The molecule has 0 radical (unpaired) electrons. The highest BCUT2D eigenvalue weighted by molar-refractivity contribution is 14.1. The van der Waals surface area contributed by atoms with E-state index in [1.54, 1.807) is 11.8 Å². The number of ether oxygens (including phenoxy) is 6. The second kappa shape index (κ2) is 19.9. The molecule has 0 saturated carbocycles. The average molecular weight is 813 g/mol. The van der Waals surface area contributed by atoms with E-state index in [0.29, 0.717) is 52.9 Å². The third kappa shape index (κ3) is 12.5. The van der Waals surface area contributed by atoms with E-state index in [-0.39, 0.29) is 38.0 Å². The summed E-state index contributed by atoms with van der Waals surface area (Å²) in [7, 11) is 2.00. The summed E-state index contributed by atoms with van der Waals surface area (Å²) in [5.74, 6) is -0.571. The third-order valence-electron chi connectivity index (χ3n) is 5.86. The van der Waals surface area contributed by atoms with Gasteiger partial charge in [-0.05, 0) is 35.4 Å². The van der Waals surface area contributed by atoms with Gasteiger partial charge >= 0.3 is 11.9 Å². The van der Waals surface area contributed by atoms with Crippen LogP contribution in [-0.2, 0) is 50.9 Å². The summed E-state index contributed by atoms with van der Waals surface area (Å²) >= 11 is 6.16. The summed E-state index contributed by atoms with van der Waals surface area (Å²) in [4.78, 5) is 28.9. The molecule has 1 heterocycles. The second-order valence-electron chi connectivity index (χ2n) is 8.89. The highest BCUT2D eigenvalue weighted by Gasteiger charge is 2.22. The number of fused-ring (bicyclic) bond motifs is 2. The number of alkyl halides is 2. The van der Waals surface area contributed by atoms with Crippen LogP contribution in [0.2, 0.25) is 0 Å². The predicted octanol–water partition coefficient (Wildman–Crippen LogP) is 5.03. The highest BCUT2D eigenvalue weighted by atomic mass is 127. The highest BCUT2D eigenvalue weighted by Crippen LogP contribution is 2.48. The van der Waals surface area contributed by atoms with Gasteiger partial charge in [-0.2, -0.15) is 0 Å². The Bertz CT molecular complexity index is 1110. The maximum absolute atomic E-state index is 12.3. The molecule has 0 fully saturated rings. The standard InChI is InChI=1S/C29H37I2NO8S/c1-32-24-4-2-23(21-29(34)40-17-15-38-13-11-36-9-7-31)19-27(24)41-26-5-3-22(18-25(26)32)20-28(33)39-16-14-37-12-10-35-8-6-30/h2-5,18-19H,6-17,20-21H2,1H3. The van der Waals surface area contributed by atoms with Crippen molar-refractivity contribution >= 4 is 80.3 Å². The van der Waals surface area contributed by atoms with Gasteiger partial charge in [0.2, 0.25) is 0 Å². The molecule has 0 saturated heterocycles. The summed E-state index contributed by atoms with van der Waals surface area (Å²) in [6.07, 6.45) is 0.386. The lowest BCUT2D eigenvalue weighted by atomic mass is 10.1. The van der Waals surface area contributed by atoms with E-state index in [4.69, 9.17) is 28.4 Å². The Morgan fingerprint density at radius 2 is 1.12 bits per heavy atom. The van der Waals surface area contributed by atoms with Crippen LogP contribution in [0.3, 0.4) is 0 Å². The van der Waals surface area contributed by atoms with Gasteiger partial charge in [-0.15, -0.1) is 0 Å². The van der Waals surface area contributed by atoms with Crippen molar-refractivity contribution in [1.29, 1.82) is 0 Å². The van der Waals surface area contributed by atoms with Gasteiger partial charge in [0.15, 0.2) is 0 Å². The zero-order valence-electron chi connectivity index (χ0n) is 23.2. The van der Waals surface area contributed by atoms with E-state index in [2.05, 4.69) is 50.1 Å². The summed E-state index contributed by atoms with van der Waals surface area (Å²) in [6.45, 7) is 4.63. The van der Waals surface area contributed by atoms with E-state index >= 15 is 0 Å². The summed E-state index contributed by atoms with van der Waals surface area (Å²) < 4.78 is 34.1. The zero-order chi connectivity index (χ0) is 29.3. The van der Waals surface area contributed by atoms with Gasteiger partial charge < -0.3 is 33.3 Å². The molecule has 2 aromatic rings. The smallest absolute Gasteiger partial charge is 0.310 e. The first-order chi connectivity index (χ1) is 20.0. The van der Waals surface area contributed by atoms with Crippen LogP contribution < -0.4 is 4.90 Å². The molecule has 0 N–H and O–H groups in total. The van der Waals surface area contributed by atoms with Crippen molar-refractivity contribution in [3.63, 3.8) is 0 Å². The van der Waals surface area contributed by atoms with E-state index in [0.717, 1.165) is 41.1 Å². The van der Waals surface area contributed by atoms with E-state index in [1.165, 1.54) is 0 Å². The maximum Gasteiger partial charge on any atom is 0.310 e. The van der Waals surface area contributed by atoms with Crippen LogP contribution in [0.25, 0.3) is 0 Å². The number of carbonyl (C=O) groups is 2. The van der Waals surface area contributed by atoms with Crippen molar-refractivity contribution in [3.05, 3.63) is 47.5 Å². The maximum atomic E-state index is 12.3. The minimum atomic E-state index is -0.287. The molecule has 9 nitrogen and oxygen atoms in total. The normalized spacial score (nSPS) is 12.1. The van der Waals surface area contributed by atoms with Gasteiger partial charge in [0.05, 0.1) is 77.1 Å². The fourth-order valence-electron chi connectivity index (χ4n) is 3.91. The number of hydrogen-bond donors (Lipinski definition) is 0. The van der Waals surface area contributed by atoms with Crippen molar-refractivity contribution in [2.24, 2.45) is 0 Å². The number of anilines is 2. The molecule has 1 aliphatic heterocycles. The first-order valence-electron chi connectivity index (χ1n) is 13.4. The molecule has 0 bridgehead atoms. The van der Waals surface area contributed by atoms with Crippen molar-refractivity contribution in [2.45, 2.75) is 22.6 Å². The Kier molecular flexibility index (Phi) is 16.7. The first-order valence-corrected chi connectivity index (χ1v) is 17.3. The number of hydrogen-bond acceptors (Lipinski definition) is 10. The Labute approximate surface area is 273 Å². The first kappa shape index (κ1) is 34.3. The molecule has 0 amide bonds. The van der Waals surface area contributed by atoms with Crippen LogP contribution in [0, 0.1) is 0 Å². The molecule has 0 unspecified atom stereocenters. The fraction of sp³-hybridized carbons (Fsp3) is 0.517. The van der Waals surface area contributed by atoms with Gasteiger partial charge in [-0.25, -0.2) is 0 Å². The number of esters is 2. The molecule has 226 valence electrons. The third-order valence-corrected chi connectivity index (χ3v) is 7.85. The van der Waals surface area contributed by atoms with Crippen molar-refractivity contribution in [2.75, 3.05) is 86.9 Å². The Balaban J connectivity index is 1.42. The van der Waals surface area contributed by atoms with Crippen molar-refractivity contribution in [1.82, 2.24) is 0 Å². The van der Waals surface area contributed by atoms with Gasteiger partial charge in [-0.1, -0.05) is 69.1 Å². The monoisotopic (exact) mass is 813 g/mol. The van der Waals surface area contributed by atoms with Crippen molar-refractivity contribution < 1.29 is 38.0 Å². The molecule has 1 aliphatic rings. The van der Waals surface area contributed by atoms with Gasteiger partial charge in [-0.3, -0.25) is 9.59 Å². The molecule has 0 aliphatic carbocycles. The minimum Gasteiger partial charge on any atom is -0.463 e. The average Bonchev–Trinajstić information content (AvgIpc) is 2.96. The number of benzene rings is 2. The Morgan fingerprint density at radius 3 is 1.68 bits per heavy atom. The quantitative estimate of drug-likeness (QED) is 0.0786. The lowest BCUT2D eigenvalue weighted by Gasteiger charge is -2.30. The Hall–Kier alpha value is -1.17. The molecule has 0 spiro atoms. The lowest BCUT2D eigenvalue weighted by molar-refractivity contribution is -0.145. The summed E-state index contributed by atoms with van der Waals surface area (Å²) in [5, 5.41) is 0. The van der Waals surface area contributed by atoms with E-state index in [9.17, 15) is 9.59 Å². The molecule has 41 heavy (non-hydrogen) atoms. The molecular formula is C29H37I2NO8S. The van der Waals surface area contributed by atoms with Crippen LogP contribution in [0.15, 0.2) is 46.2 Å². The van der Waals surface area contributed by atoms with E-state index < -0.39 is 0 Å². The van der Waals surface area contributed by atoms with Crippen LogP contribution in [-0.4, -0.2) is 93.9 Å². The summed E-state index contributed by atoms with van der Waals surface area (Å²) in [6, 6.07) is 12.0. The lowest BCUT2D eigenvalue weighted by Crippen LogP contribution is -2.17. The van der Waals surface area contributed by atoms with Crippen LogP contribution in [0.5, 0.6) is 0 Å². The van der Waals surface area contributed by atoms with Gasteiger partial charge in [0, 0.05) is 25.7 Å². The van der Waals surface area contributed by atoms with Crippen LogP contribution >= 0.6 is 56.9 Å². The molecule has 12 heteroatoms. The van der Waals surface area contributed by atoms with Crippen LogP contribution in [0.4, 0.5) is 11.4 Å². The second-order valence-corrected chi connectivity index (χ2v) is 12.1. The van der Waals surface area contributed by atoms with Gasteiger partial charge in [0.1, 0.15) is 13.2 Å². The van der Waals surface area contributed by atoms with Crippen LogP contribution in [0.1, 0.15) is 11.1 Å². The minimum absolute atomic E-state index is 0.190. The predicted molar refractivity (Wildman–Crippen MR) is 175 cm³/mol. The van der Waals surface area contributed by atoms with Gasteiger partial charge in [0.25, 0.3) is 0 Å². The topological polar surface area (TPSA) is 92.8 Å². The van der Waals surface area contributed by atoms with E-state index in [1.807, 2.05) is 43.4 Å². The molecule has 2 aromatic carbocycles. The number of nitrogens with zero attached hydrogens (tertiary/aromatic N) is 1. The SMILES string of the molecule is CN1c2ccc(CC(=O)OCCOCCOCCI)cc2Sc2ccc(CC(=O)OCCOCCOCCI)cc21. The number of carbonyl (C=O) groups excluding carboxylic acids is 2. The molecule has 0 atom stereocenters. The fourth-order valence-corrected chi connectivity index (χ4v) is 5.73. The summed E-state index contributed by atoms with van der Waals surface area (Å²) in [5.41, 5.74) is 3.84. The number of rotatable bonds is 20. The molecular weight excluding hydrogens is 776 g/mol. The molecule has 0 aromatic heterocycles. The van der Waals surface area contributed by atoms with Crippen molar-refractivity contribution in [3.8, 4) is 0 Å². The number of halogens is 2. The Morgan fingerprint density at radius 1 is 0.634 bits per heavy atom. The largest absolute Gasteiger partial charge is 0.463 e. The molecule has 3 rings (SSSR count).